The zero-order chi connectivity index (χ0) is 52.3. The van der Waals surface area contributed by atoms with Gasteiger partial charge in [0.25, 0.3) is 0 Å². The third kappa shape index (κ3) is 7.26. The Balaban J connectivity index is 0.839. The molecule has 0 spiro atoms. The van der Waals surface area contributed by atoms with E-state index in [0.29, 0.717) is 11.8 Å². The summed E-state index contributed by atoms with van der Waals surface area (Å²) in [6, 6.07) is 76.9. The molecule has 384 valence electrons. The molecule has 0 aliphatic heterocycles. The van der Waals surface area contributed by atoms with Gasteiger partial charge in [0, 0.05) is 49.7 Å². The molecule has 2 aromatic heterocycles. The Hall–Kier alpha value is -8.60. The SMILES string of the molecule is CC1(C)c2cc3cc(N(c4ccccc4)c4cccc5c4oc4c(C6CCCCC6)cccc45)ccc3cc2-c2c1c1ccc(N(c3ccccc3)c3cccc4c3oc3c(C5CCCCC5)cccc34)cc1c1ccccc21. The molecular weight excluding hydrogens is 961 g/mol. The van der Waals surface area contributed by atoms with E-state index in [4.69, 9.17) is 8.83 Å². The molecule has 4 heteroatoms. The molecule has 0 saturated heterocycles. The third-order valence-corrected chi connectivity index (χ3v) is 18.7. The van der Waals surface area contributed by atoms with E-state index in [1.54, 1.807) is 0 Å². The summed E-state index contributed by atoms with van der Waals surface area (Å²) < 4.78 is 14.3. The highest BCUT2D eigenvalue weighted by Gasteiger charge is 2.39. The van der Waals surface area contributed by atoms with Gasteiger partial charge in [0.1, 0.15) is 11.2 Å². The standard InChI is InChI=1S/C75H62N2O2/c1-75(2)66-45-50-43-53(76(51-25-11-5-12-26-51)67-37-19-35-62-60-33-17-31-55(71(60)78-73(62)67)47-21-7-3-8-22-47)40-39-49(50)44-65(66)69-58-30-16-15-29-57(58)64-46-54(41-42-59(64)70(69)75)77(52-27-13-6-14-28-52)68-38-20-36-63-61-34-18-32-56(72(61)79-74(63)68)48-23-9-4-10-24-48/h5-6,11-20,25-48H,3-4,7-10,21-24H2,1-2H3. The second-order valence-corrected chi connectivity index (χ2v) is 23.6. The van der Waals surface area contributed by atoms with E-state index in [1.807, 2.05) is 0 Å². The number of benzene rings is 11. The molecule has 16 rings (SSSR count). The van der Waals surface area contributed by atoms with Crippen LogP contribution in [0.2, 0.25) is 0 Å². The van der Waals surface area contributed by atoms with Gasteiger partial charge in [-0.15, -0.1) is 0 Å². The average molecular weight is 1020 g/mol. The highest BCUT2D eigenvalue weighted by molar-refractivity contribution is 6.20. The van der Waals surface area contributed by atoms with Gasteiger partial charge in [0.2, 0.25) is 0 Å². The maximum atomic E-state index is 7.17. The minimum absolute atomic E-state index is 0.303. The van der Waals surface area contributed by atoms with Crippen molar-refractivity contribution in [3.05, 3.63) is 229 Å². The Kier molecular flexibility index (Phi) is 10.7. The summed E-state index contributed by atoms with van der Waals surface area (Å²) in [6.07, 6.45) is 12.7. The lowest BCUT2D eigenvalue weighted by Crippen LogP contribution is -2.16. The van der Waals surface area contributed by atoms with Gasteiger partial charge in [-0.05, 0) is 176 Å². The molecule has 2 heterocycles. The van der Waals surface area contributed by atoms with E-state index < -0.39 is 0 Å². The number of para-hydroxylation sites is 6. The number of furan rings is 2. The minimum atomic E-state index is -0.303. The molecule has 4 nitrogen and oxygen atoms in total. The van der Waals surface area contributed by atoms with Gasteiger partial charge < -0.3 is 18.6 Å². The first kappa shape index (κ1) is 46.5. The van der Waals surface area contributed by atoms with Crippen molar-refractivity contribution in [1.82, 2.24) is 0 Å². The normalized spacial score (nSPS) is 15.7. The second-order valence-electron chi connectivity index (χ2n) is 23.6. The summed E-state index contributed by atoms with van der Waals surface area (Å²) in [5.41, 5.74) is 18.3. The predicted molar refractivity (Wildman–Crippen MR) is 332 cm³/mol. The lowest BCUT2D eigenvalue weighted by molar-refractivity contribution is 0.442. The van der Waals surface area contributed by atoms with Crippen molar-refractivity contribution in [3.63, 3.8) is 0 Å². The first-order valence-corrected chi connectivity index (χ1v) is 29.1. The topological polar surface area (TPSA) is 32.8 Å². The van der Waals surface area contributed by atoms with Crippen molar-refractivity contribution in [2.75, 3.05) is 9.80 Å². The van der Waals surface area contributed by atoms with Crippen molar-refractivity contribution in [3.8, 4) is 11.1 Å². The number of anilines is 6. The molecule has 2 saturated carbocycles. The van der Waals surface area contributed by atoms with Gasteiger partial charge in [-0.1, -0.05) is 186 Å². The number of fused-ring (bicyclic) bond motifs is 15. The van der Waals surface area contributed by atoms with Crippen LogP contribution in [0.4, 0.5) is 34.1 Å². The van der Waals surface area contributed by atoms with Gasteiger partial charge in [-0.3, -0.25) is 0 Å². The van der Waals surface area contributed by atoms with E-state index >= 15 is 0 Å². The zero-order valence-corrected chi connectivity index (χ0v) is 45.1. The Morgan fingerprint density at radius 2 is 0.835 bits per heavy atom. The summed E-state index contributed by atoms with van der Waals surface area (Å²) in [4.78, 5) is 4.82. The summed E-state index contributed by atoms with van der Waals surface area (Å²) in [7, 11) is 0. The van der Waals surface area contributed by atoms with Crippen molar-refractivity contribution in [2.24, 2.45) is 0 Å². The second kappa shape index (κ2) is 18.2. The highest BCUT2D eigenvalue weighted by atomic mass is 16.3. The average Bonchev–Trinajstić information content (AvgIpc) is 4.38. The maximum Gasteiger partial charge on any atom is 0.159 e. The number of hydrogen-bond acceptors (Lipinski definition) is 4. The van der Waals surface area contributed by atoms with Crippen LogP contribution in [0.25, 0.3) is 87.3 Å². The molecule has 2 fully saturated rings. The zero-order valence-electron chi connectivity index (χ0n) is 45.1. The van der Waals surface area contributed by atoms with E-state index in [1.165, 1.54) is 141 Å². The first-order chi connectivity index (χ1) is 39.0. The molecular formula is C75H62N2O2. The van der Waals surface area contributed by atoms with Crippen LogP contribution in [0.1, 0.15) is 112 Å². The van der Waals surface area contributed by atoms with Gasteiger partial charge in [-0.25, -0.2) is 0 Å². The van der Waals surface area contributed by atoms with Crippen molar-refractivity contribution < 1.29 is 8.83 Å². The predicted octanol–water partition coefficient (Wildman–Crippen LogP) is 22.3. The Labute approximate surface area is 461 Å². The molecule has 11 aromatic carbocycles. The fourth-order valence-electron chi connectivity index (χ4n) is 15.0. The monoisotopic (exact) mass is 1020 g/mol. The Morgan fingerprint density at radius 1 is 0.354 bits per heavy atom. The Morgan fingerprint density at radius 3 is 1.41 bits per heavy atom. The molecule has 0 amide bonds. The fourth-order valence-corrected chi connectivity index (χ4v) is 15.0. The molecule has 0 unspecified atom stereocenters. The molecule has 13 aromatic rings. The van der Waals surface area contributed by atoms with Gasteiger partial charge in [0.15, 0.2) is 11.2 Å². The lowest BCUT2D eigenvalue weighted by atomic mass is 9.79. The van der Waals surface area contributed by atoms with Crippen LogP contribution in [0, 0.1) is 0 Å². The van der Waals surface area contributed by atoms with Crippen LogP contribution in [-0.4, -0.2) is 0 Å². The summed E-state index contributed by atoms with van der Waals surface area (Å²) >= 11 is 0. The van der Waals surface area contributed by atoms with Gasteiger partial charge in [0.05, 0.1) is 11.4 Å². The quantitative estimate of drug-likeness (QED) is 0.142. The Bertz CT molecular complexity index is 4550. The van der Waals surface area contributed by atoms with E-state index in [2.05, 4.69) is 230 Å². The summed E-state index contributed by atoms with van der Waals surface area (Å²) in [6.45, 7) is 4.88. The van der Waals surface area contributed by atoms with Crippen LogP contribution in [-0.2, 0) is 5.41 Å². The van der Waals surface area contributed by atoms with Crippen LogP contribution in [0.3, 0.4) is 0 Å². The van der Waals surface area contributed by atoms with Crippen molar-refractivity contribution in [1.29, 1.82) is 0 Å². The maximum absolute atomic E-state index is 7.17. The number of rotatable bonds is 8. The minimum Gasteiger partial charge on any atom is -0.454 e. The molecule has 79 heavy (non-hydrogen) atoms. The van der Waals surface area contributed by atoms with Crippen LogP contribution in [0.5, 0.6) is 0 Å². The third-order valence-electron chi connectivity index (χ3n) is 18.7. The fraction of sp³-hybridized carbons (Fsp3) is 0.200. The van der Waals surface area contributed by atoms with Gasteiger partial charge >= 0.3 is 0 Å². The van der Waals surface area contributed by atoms with Crippen LogP contribution < -0.4 is 9.80 Å². The summed E-state index contributed by atoms with van der Waals surface area (Å²) in [5, 5.41) is 12.3. The van der Waals surface area contributed by atoms with Crippen LogP contribution in [0.15, 0.2) is 215 Å². The largest absolute Gasteiger partial charge is 0.454 e. The lowest BCUT2D eigenvalue weighted by Gasteiger charge is -2.28. The molecule has 0 atom stereocenters. The number of nitrogens with zero attached hydrogens (tertiary/aromatic N) is 2. The molecule has 0 radical (unpaired) electrons. The van der Waals surface area contributed by atoms with Crippen LogP contribution >= 0.6 is 0 Å². The van der Waals surface area contributed by atoms with Crippen molar-refractivity contribution in [2.45, 2.75) is 95.3 Å². The first-order valence-electron chi connectivity index (χ1n) is 29.1. The van der Waals surface area contributed by atoms with E-state index in [-0.39, 0.29) is 5.41 Å². The molecule has 0 bridgehead atoms. The smallest absolute Gasteiger partial charge is 0.159 e. The molecule has 3 aliphatic carbocycles. The van der Waals surface area contributed by atoms with E-state index in [0.717, 1.165) is 67.2 Å². The van der Waals surface area contributed by atoms with Crippen molar-refractivity contribution >= 4 is 110 Å². The highest BCUT2D eigenvalue weighted by Crippen LogP contribution is 2.57. The molecule has 3 aliphatic rings. The summed E-state index contributed by atoms with van der Waals surface area (Å²) in [5.74, 6) is 1.07. The molecule has 0 N–H and O–H groups in total. The number of hydrogen-bond donors (Lipinski definition) is 0. The van der Waals surface area contributed by atoms with Gasteiger partial charge in [-0.2, -0.15) is 0 Å². The van der Waals surface area contributed by atoms with E-state index in [9.17, 15) is 0 Å².